The van der Waals surface area contributed by atoms with E-state index in [1.807, 2.05) is 0 Å². The molecule has 2 N–H and O–H groups in total. The lowest BCUT2D eigenvalue weighted by molar-refractivity contribution is 0.0415. The Morgan fingerprint density at radius 1 is 1.12 bits per heavy atom. The number of hydrogen-bond acceptors (Lipinski definition) is 3. The Labute approximate surface area is 156 Å². The average Bonchev–Trinajstić information content (AvgIpc) is 2.68. The summed E-state index contributed by atoms with van der Waals surface area (Å²) in [7, 11) is 0. The monoisotopic (exact) mass is 377 g/mol. The summed E-state index contributed by atoms with van der Waals surface area (Å²) in [5.74, 6) is -0.680. The van der Waals surface area contributed by atoms with Crippen molar-refractivity contribution in [2.24, 2.45) is 11.8 Å². The van der Waals surface area contributed by atoms with Crippen molar-refractivity contribution in [1.82, 2.24) is 4.90 Å². The molecule has 2 aromatic rings. The first-order chi connectivity index (χ1) is 12.5. The third-order valence-corrected chi connectivity index (χ3v) is 5.01. The van der Waals surface area contributed by atoms with Crippen molar-refractivity contribution in [2.75, 3.05) is 26.3 Å². The molecule has 138 valence electrons. The summed E-state index contributed by atoms with van der Waals surface area (Å²) in [5.41, 5.74) is 1.36. The third kappa shape index (κ3) is 4.06. The molecule has 2 atom stereocenters. The molecule has 0 saturated carbocycles. The highest BCUT2D eigenvalue weighted by atomic mass is 35.5. The molecular weight excluding hydrogens is 357 g/mol. The van der Waals surface area contributed by atoms with Gasteiger partial charge in [0, 0.05) is 54.3 Å². The fourth-order valence-electron chi connectivity index (χ4n) is 3.47. The van der Waals surface area contributed by atoms with Gasteiger partial charge in [0.1, 0.15) is 5.82 Å². The van der Waals surface area contributed by atoms with E-state index in [9.17, 15) is 19.4 Å². The molecule has 3 rings (SSSR count). The molecule has 2 aromatic carbocycles. The molecule has 0 aliphatic carbocycles. The Kier molecular flexibility index (Phi) is 5.91. The molecule has 1 amide bonds. The summed E-state index contributed by atoms with van der Waals surface area (Å²) in [6.07, 6.45) is 0.699. The van der Waals surface area contributed by atoms with Crippen molar-refractivity contribution >= 4 is 17.5 Å². The van der Waals surface area contributed by atoms with Crippen LogP contribution in [-0.2, 0) is 0 Å². The zero-order chi connectivity index (χ0) is 18.7. The molecule has 1 saturated heterocycles. The fraction of sp³-hybridized carbons (Fsp3) is 0.350. The zero-order valence-electron chi connectivity index (χ0n) is 14.2. The van der Waals surface area contributed by atoms with Crippen LogP contribution in [0.5, 0.6) is 0 Å². The standard InChI is InChI=1S/C20H21ClFNO3/c21-17-4-5-19(22)18(8-17)15-2-1-3-16(7-15)20(26)23-9-13(11-24)6-14(10-23)12-25/h1-5,7-8,13-14,24-25H,6,9-12H2. The van der Waals surface area contributed by atoms with Crippen LogP contribution < -0.4 is 0 Å². The summed E-state index contributed by atoms with van der Waals surface area (Å²) in [5, 5.41) is 19.3. The molecule has 4 nitrogen and oxygen atoms in total. The summed E-state index contributed by atoms with van der Waals surface area (Å²) in [4.78, 5) is 14.6. The van der Waals surface area contributed by atoms with Gasteiger partial charge < -0.3 is 15.1 Å². The minimum Gasteiger partial charge on any atom is -0.396 e. The maximum absolute atomic E-state index is 14.1. The van der Waals surface area contributed by atoms with Gasteiger partial charge >= 0.3 is 0 Å². The number of benzene rings is 2. The lowest BCUT2D eigenvalue weighted by atomic mass is 9.89. The number of piperidine rings is 1. The first kappa shape index (κ1) is 18.8. The van der Waals surface area contributed by atoms with Crippen LogP contribution in [0.1, 0.15) is 16.8 Å². The van der Waals surface area contributed by atoms with E-state index in [2.05, 4.69) is 0 Å². The van der Waals surface area contributed by atoms with Gasteiger partial charge in [0.05, 0.1) is 0 Å². The van der Waals surface area contributed by atoms with Crippen LogP contribution in [0.2, 0.25) is 5.02 Å². The number of aliphatic hydroxyl groups excluding tert-OH is 2. The zero-order valence-corrected chi connectivity index (χ0v) is 15.0. The summed E-state index contributed by atoms with van der Waals surface area (Å²) < 4.78 is 14.1. The Morgan fingerprint density at radius 2 is 1.81 bits per heavy atom. The first-order valence-corrected chi connectivity index (χ1v) is 8.96. The van der Waals surface area contributed by atoms with Gasteiger partial charge in [-0.1, -0.05) is 23.7 Å². The second-order valence-corrected chi connectivity index (χ2v) is 7.18. The van der Waals surface area contributed by atoms with E-state index < -0.39 is 5.82 Å². The molecule has 1 aliphatic heterocycles. The largest absolute Gasteiger partial charge is 0.396 e. The van der Waals surface area contributed by atoms with Crippen molar-refractivity contribution < 1.29 is 19.4 Å². The fourth-order valence-corrected chi connectivity index (χ4v) is 3.64. The van der Waals surface area contributed by atoms with Gasteiger partial charge in [-0.15, -0.1) is 0 Å². The number of amides is 1. The molecule has 2 unspecified atom stereocenters. The maximum Gasteiger partial charge on any atom is 0.253 e. The predicted molar refractivity (Wildman–Crippen MR) is 98.5 cm³/mol. The van der Waals surface area contributed by atoms with Crippen LogP contribution in [0.25, 0.3) is 11.1 Å². The Hall–Kier alpha value is -1.95. The summed E-state index contributed by atoms with van der Waals surface area (Å²) in [6, 6.07) is 11.1. The number of nitrogens with zero attached hydrogens (tertiary/aromatic N) is 1. The molecular formula is C20H21ClFNO3. The van der Waals surface area contributed by atoms with Crippen LogP contribution >= 0.6 is 11.6 Å². The van der Waals surface area contributed by atoms with Gasteiger partial charge in [-0.05, 0) is 42.3 Å². The second-order valence-electron chi connectivity index (χ2n) is 6.75. The van der Waals surface area contributed by atoms with E-state index in [4.69, 9.17) is 11.6 Å². The Morgan fingerprint density at radius 3 is 2.46 bits per heavy atom. The van der Waals surface area contributed by atoms with Gasteiger partial charge in [0.2, 0.25) is 0 Å². The van der Waals surface area contributed by atoms with E-state index in [1.165, 1.54) is 18.2 Å². The molecule has 0 spiro atoms. The number of rotatable bonds is 4. The van der Waals surface area contributed by atoms with E-state index >= 15 is 0 Å². The highest BCUT2D eigenvalue weighted by Crippen LogP contribution is 2.28. The number of halogens is 2. The molecule has 0 aromatic heterocycles. The van der Waals surface area contributed by atoms with E-state index in [-0.39, 0.29) is 31.0 Å². The van der Waals surface area contributed by atoms with Crippen molar-refractivity contribution in [3.63, 3.8) is 0 Å². The lowest BCUT2D eigenvalue weighted by Gasteiger charge is -2.36. The van der Waals surface area contributed by atoms with Gasteiger partial charge in [-0.25, -0.2) is 4.39 Å². The van der Waals surface area contributed by atoms with Crippen molar-refractivity contribution in [1.29, 1.82) is 0 Å². The number of aliphatic hydroxyl groups is 2. The van der Waals surface area contributed by atoms with Crippen LogP contribution in [0, 0.1) is 17.7 Å². The van der Waals surface area contributed by atoms with Crippen molar-refractivity contribution in [2.45, 2.75) is 6.42 Å². The van der Waals surface area contributed by atoms with Crippen LogP contribution in [-0.4, -0.2) is 47.3 Å². The smallest absolute Gasteiger partial charge is 0.253 e. The minimum atomic E-state index is -0.405. The van der Waals surface area contributed by atoms with Gasteiger partial charge in [-0.3, -0.25) is 4.79 Å². The lowest BCUT2D eigenvalue weighted by Crippen LogP contribution is -2.45. The normalized spacial score (nSPS) is 20.2. The number of carbonyl (C=O) groups excluding carboxylic acids is 1. The molecule has 1 heterocycles. The SMILES string of the molecule is O=C(c1cccc(-c2cc(Cl)ccc2F)c1)N1CC(CO)CC(CO)C1. The van der Waals surface area contributed by atoms with Gasteiger partial charge in [-0.2, -0.15) is 0 Å². The van der Waals surface area contributed by atoms with Gasteiger partial charge in [0.25, 0.3) is 5.91 Å². The first-order valence-electron chi connectivity index (χ1n) is 8.58. The predicted octanol–water partition coefficient (Wildman–Crippen LogP) is 3.21. The molecule has 0 bridgehead atoms. The minimum absolute atomic E-state index is 0.0198. The van der Waals surface area contributed by atoms with Crippen molar-refractivity contribution in [3.8, 4) is 11.1 Å². The Bertz CT molecular complexity index is 786. The van der Waals surface area contributed by atoms with Crippen LogP contribution in [0.4, 0.5) is 4.39 Å². The quantitative estimate of drug-likeness (QED) is 0.860. The average molecular weight is 378 g/mol. The highest BCUT2D eigenvalue weighted by Gasteiger charge is 2.30. The van der Waals surface area contributed by atoms with Crippen LogP contribution in [0.3, 0.4) is 0 Å². The van der Waals surface area contributed by atoms with Gasteiger partial charge in [0.15, 0.2) is 0 Å². The molecule has 0 radical (unpaired) electrons. The molecule has 6 heteroatoms. The molecule has 1 aliphatic rings. The molecule has 1 fully saturated rings. The van der Waals surface area contributed by atoms with E-state index in [1.54, 1.807) is 29.2 Å². The summed E-state index contributed by atoms with van der Waals surface area (Å²) in [6.45, 7) is 0.852. The topological polar surface area (TPSA) is 60.8 Å². The molecule has 26 heavy (non-hydrogen) atoms. The van der Waals surface area contributed by atoms with E-state index in [0.29, 0.717) is 41.2 Å². The maximum atomic E-state index is 14.1. The third-order valence-electron chi connectivity index (χ3n) is 4.78. The number of likely N-dealkylation sites (tertiary alicyclic amines) is 1. The Balaban J connectivity index is 1.87. The number of carbonyl (C=O) groups is 1. The van der Waals surface area contributed by atoms with Crippen LogP contribution in [0.15, 0.2) is 42.5 Å². The second kappa shape index (κ2) is 8.16. The van der Waals surface area contributed by atoms with Crippen molar-refractivity contribution in [3.05, 3.63) is 58.9 Å². The highest BCUT2D eigenvalue weighted by molar-refractivity contribution is 6.30. The van der Waals surface area contributed by atoms with E-state index in [0.717, 1.165) is 0 Å². The number of hydrogen-bond donors (Lipinski definition) is 2. The summed E-state index contributed by atoms with van der Waals surface area (Å²) >= 11 is 5.97.